The molecule has 2 rings (SSSR count). The summed E-state index contributed by atoms with van der Waals surface area (Å²) >= 11 is 6.12. The number of aromatic nitrogens is 1. The van der Waals surface area contributed by atoms with Crippen molar-refractivity contribution >= 4 is 42.2 Å². The first-order chi connectivity index (χ1) is 8.29. The van der Waals surface area contributed by atoms with Crippen molar-refractivity contribution in [2.75, 3.05) is 0 Å². The first kappa shape index (κ1) is 13.7. The Kier molecular flexibility index (Phi) is 3.63. The Morgan fingerprint density at radius 2 is 2.00 bits per heavy atom. The molecule has 98 valence electrons. The summed E-state index contributed by atoms with van der Waals surface area (Å²) in [5.74, 6) is 0.438. The Morgan fingerprint density at radius 3 is 2.56 bits per heavy atom. The molecule has 0 atom stereocenters. The summed E-state index contributed by atoms with van der Waals surface area (Å²) in [6.07, 6.45) is 1.82. The minimum Gasteiger partial charge on any atom is -0.346 e. The van der Waals surface area contributed by atoms with Gasteiger partial charge in [0.2, 0.25) is 0 Å². The Bertz CT molecular complexity index is 689. The number of nitrogens with zero attached hydrogens (tertiary/aromatic N) is 1. The van der Waals surface area contributed by atoms with Crippen LogP contribution >= 0.6 is 22.3 Å². The largest absolute Gasteiger partial charge is 0.346 e. The zero-order chi connectivity index (χ0) is 13.5. The lowest BCUT2D eigenvalue weighted by Gasteiger charge is -2.08. The van der Waals surface area contributed by atoms with Gasteiger partial charge in [-0.15, -0.1) is 0 Å². The molecule has 2 aromatic rings. The number of halogens is 2. The van der Waals surface area contributed by atoms with Crippen molar-refractivity contribution in [2.24, 2.45) is 5.92 Å². The molecule has 1 heterocycles. The van der Waals surface area contributed by atoms with Crippen LogP contribution in [-0.4, -0.2) is 13.0 Å². The van der Waals surface area contributed by atoms with Crippen molar-refractivity contribution < 1.29 is 8.42 Å². The van der Waals surface area contributed by atoms with Gasteiger partial charge in [-0.1, -0.05) is 25.4 Å². The third-order valence-electron chi connectivity index (χ3n) is 2.65. The summed E-state index contributed by atoms with van der Waals surface area (Å²) in [4.78, 5) is 0.0939. The van der Waals surface area contributed by atoms with Crippen molar-refractivity contribution in [3.05, 3.63) is 29.4 Å². The van der Waals surface area contributed by atoms with Crippen LogP contribution in [0.25, 0.3) is 10.9 Å². The van der Waals surface area contributed by atoms with Crippen LogP contribution in [0.4, 0.5) is 0 Å². The monoisotopic (exact) mass is 305 g/mol. The molecule has 1 aromatic heterocycles. The third-order valence-corrected chi connectivity index (χ3v) is 4.30. The van der Waals surface area contributed by atoms with Crippen LogP contribution in [0.1, 0.15) is 13.8 Å². The second-order valence-corrected chi connectivity index (χ2v) is 7.61. The number of benzene rings is 1. The number of hydrogen-bond acceptors (Lipinski definition) is 2. The summed E-state index contributed by atoms with van der Waals surface area (Å²) in [5.41, 5.74) is 0.787. The summed E-state index contributed by atoms with van der Waals surface area (Å²) in [5, 5.41) is 1.45. The minimum absolute atomic E-state index is 0.0939. The van der Waals surface area contributed by atoms with Crippen LogP contribution < -0.4 is 0 Å². The maximum absolute atomic E-state index is 11.3. The summed E-state index contributed by atoms with van der Waals surface area (Å²) in [6.45, 7) is 4.94. The van der Waals surface area contributed by atoms with Crippen LogP contribution in [0, 0.1) is 5.92 Å². The van der Waals surface area contributed by atoms with Crippen molar-refractivity contribution in [3.8, 4) is 0 Å². The number of rotatable bonds is 3. The second kappa shape index (κ2) is 4.76. The van der Waals surface area contributed by atoms with E-state index in [1.165, 1.54) is 6.07 Å². The molecule has 0 amide bonds. The number of hydrogen-bond donors (Lipinski definition) is 0. The van der Waals surface area contributed by atoms with Crippen LogP contribution in [0.5, 0.6) is 0 Å². The fraction of sp³-hybridized carbons (Fsp3) is 0.333. The Morgan fingerprint density at radius 1 is 1.33 bits per heavy atom. The highest BCUT2D eigenvalue weighted by molar-refractivity contribution is 8.13. The summed E-state index contributed by atoms with van der Waals surface area (Å²) in [7, 11) is 1.64. The van der Waals surface area contributed by atoms with Crippen LogP contribution in [-0.2, 0) is 15.6 Å². The normalized spacial score (nSPS) is 12.5. The number of fused-ring (bicyclic) bond motifs is 1. The van der Waals surface area contributed by atoms with E-state index in [4.69, 9.17) is 22.3 Å². The average molecular weight is 306 g/mol. The van der Waals surface area contributed by atoms with Gasteiger partial charge in [0.1, 0.15) is 0 Å². The molecule has 0 radical (unpaired) electrons. The second-order valence-electron chi connectivity index (χ2n) is 4.64. The molecule has 1 aromatic carbocycles. The topological polar surface area (TPSA) is 39.1 Å². The Hall–Kier alpha value is -0.710. The van der Waals surface area contributed by atoms with E-state index in [2.05, 4.69) is 13.8 Å². The van der Waals surface area contributed by atoms with E-state index in [1.54, 1.807) is 12.1 Å². The van der Waals surface area contributed by atoms with Crippen LogP contribution in [0.15, 0.2) is 29.3 Å². The molecule has 0 aliphatic carbocycles. The lowest BCUT2D eigenvalue weighted by Crippen LogP contribution is -2.03. The lowest BCUT2D eigenvalue weighted by molar-refractivity contribution is 0.535. The molecule has 0 bridgehead atoms. The Balaban J connectivity index is 2.66. The van der Waals surface area contributed by atoms with Crippen molar-refractivity contribution in [2.45, 2.75) is 25.3 Å². The average Bonchev–Trinajstić information content (AvgIpc) is 2.53. The van der Waals surface area contributed by atoms with Gasteiger partial charge in [0.05, 0.1) is 15.4 Å². The first-order valence-electron chi connectivity index (χ1n) is 5.52. The van der Waals surface area contributed by atoms with E-state index >= 15 is 0 Å². The molecular weight excluding hydrogens is 293 g/mol. The van der Waals surface area contributed by atoms with Gasteiger partial charge >= 0.3 is 0 Å². The van der Waals surface area contributed by atoms with E-state index < -0.39 is 9.05 Å². The standard InChI is InChI=1S/C12H13Cl2NO2S/c1-8(2)6-15-7-11(13)10-4-3-9(5-12(10)15)18(14,16)17/h3-5,7-8H,6H2,1-2H3. The maximum Gasteiger partial charge on any atom is 0.261 e. The molecule has 3 nitrogen and oxygen atoms in total. The van der Waals surface area contributed by atoms with Crippen LogP contribution in [0.2, 0.25) is 5.02 Å². The quantitative estimate of drug-likeness (QED) is 0.807. The fourth-order valence-electron chi connectivity index (χ4n) is 1.92. The van der Waals surface area contributed by atoms with Gasteiger partial charge in [-0.2, -0.15) is 0 Å². The molecule has 0 saturated heterocycles. The summed E-state index contributed by atoms with van der Waals surface area (Å²) in [6, 6.07) is 4.71. The van der Waals surface area contributed by atoms with Gasteiger partial charge < -0.3 is 4.57 Å². The van der Waals surface area contributed by atoms with Crippen LogP contribution in [0.3, 0.4) is 0 Å². The molecule has 6 heteroatoms. The van der Waals surface area contributed by atoms with Crippen molar-refractivity contribution in [3.63, 3.8) is 0 Å². The SMILES string of the molecule is CC(C)Cn1cc(Cl)c2ccc(S(=O)(=O)Cl)cc21. The molecule has 0 spiro atoms. The Labute approximate surface area is 116 Å². The third kappa shape index (κ3) is 2.66. The molecule has 0 saturated carbocycles. The minimum atomic E-state index is -3.71. The van der Waals surface area contributed by atoms with Crippen molar-refractivity contribution in [1.29, 1.82) is 0 Å². The predicted octanol–water partition coefficient (Wildman–Crippen LogP) is 3.88. The van der Waals surface area contributed by atoms with Gasteiger partial charge in [0.15, 0.2) is 0 Å². The molecule has 0 fully saturated rings. The zero-order valence-corrected chi connectivity index (χ0v) is 12.4. The van der Waals surface area contributed by atoms with E-state index in [-0.39, 0.29) is 4.90 Å². The highest BCUT2D eigenvalue weighted by Gasteiger charge is 2.14. The molecular formula is C12H13Cl2NO2S. The maximum atomic E-state index is 11.3. The van der Waals surface area contributed by atoms with Gasteiger partial charge in [0, 0.05) is 28.8 Å². The smallest absolute Gasteiger partial charge is 0.261 e. The summed E-state index contributed by atoms with van der Waals surface area (Å²) < 4.78 is 24.6. The van der Waals surface area contributed by atoms with Gasteiger partial charge in [-0.05, 0) is 24.1 Å². The molecule has 0 aliphatic heterocycles. The van der Waals surface area contributed by atoms with Gasteiger partial charge in [0.25, 0.3) is 9.05 Å². The van der Waals surface area contributed by atoms with E-state index in [1.807, 2.05) is 10.8 Å². The highest BCUT2D eigenvalue weighted by Crippen LogP contribution is 2.29. The van der Waals surface area contributed by atoms with Gasteiger partial charge in [-0.25, -0.2) is 8.42 Å². The van der Waals surface area contributed by atoms with E-state index in [0.29, 0.717) is 10.9 Å². The lowest BCUT2D eigenvalue weighted by atomic mass is 10.2. The molecule has 18 heavy (non-hydrogen) atoms. The zero-order valence-electron chi connectivity index (χ0n) is 10.0. The van der Waals surface area contributed by atoms with E-state index in [0.717, 1.165) is 17.4 Å². The molecule has 0 N–H and O–H groups in total. The molecule has 0 aliphatic rings. The van der Waals surface area contributed by atoms with Crippen molar-refractivity contribution in [1.82, 2.24) is 4.57 Å². The fourth-order valence-corrected chi connectivity index (χ4v) is 2.97. The first-order valence-corrected chi connectivity index (χ1v) is 8.21. The highest BCUT2D eigenvalue weighted by atomic mass is 35.7. The predicted molar refractivity (Wildman–Crippen MR) is 74.8 cm³/mol. The van der Waals surface area contributed by atoms with Gasteiger partial charge in [-0.3, -0.25) is 0 Å². The van der Waals surface area contributed by atoms with E-state index in [9.17, 15) is 8.42 Å². The molecule has 0 unspecified atom stereocenters.